The van der Waals surface area contributed by atoms with Crippen LogP contribution in [0.15, 0.2) is 73.3 Å². The van der Waals surface area contributed by atoms with Crippen LogP contribution >= 0.6 is 0 Å². The van der Waals surface area contributed by atoms with Gasteiger partial charge in [0.1, 0.15) is 17.0 Å². The van der Waals surface area contributed by atoms with Crippen LogP contribution in [0.1, 0.15) is 19.3 Å². The van der Waals surface area contributed by atoms with Gasteiger partial charge in [-0.05, 0) is 42.7 Å². The Morgan fingerprint density at radius 2 is 1.79 bits per heavy atom. The zero-order chi connectivity index (χ0) is 25.6. The summed E-state index contributed by atoms with van der Waals surface area (Å²) in [7, 11) is 0. The van der Waals surface area contributed by atoms with Crippen LogP contribution in [0.5, 0.6) is 0 Å². The van der Waals surface area contributed by atoms with Crippen molar-refractivity contribution in [2.75, 3.05) is 5.32 Å². The summed E-state index contributed by atoms with van der Waals surface area (Å²) in [4.78, 5) is 29.1. The maximum atomic E-state index is 14.5. The molecule has 0 atom stereocenters. The topological polar surface area (TPSA) is 112 Å². The molecule has 0 aliphatic heterocycles. The highest BCUT2D eigenvalue weighted by molar-refractivity contribution is 5.98. The van der Waals surface area contributed by atoms with Gasteiger partial charge in [-0.25, -0.2) is 9.37 Å². The molecule has 1 amide bonds. The van der Waals surface area contributed by atoms with E-state index in [0.29, 0.717) is 39.4 Å². The number of pyridine rings is 2. The predicted molar refractivity (Wildman–Crippen MR) is 144 cm³/mol. The van der Waals surface area contributed by atoms with Crippen LogP contribution in [-0.2, 0) is 4.79 Å². The lowest BCUT2D eigenvalue weighted by molar-refractivity contribution is -0.122. The van der Waals surface area contributed by atoms with Crippen molar-refractivity contribution in [1.29, 1.82) is 0 Å². The number of fused-ring (bicyclic) bond motifs is 2. The van der Waals surface area contributed by atoms with Crippen LogP contribution < -0.4 is 5.32 Å². The number of carbonyl (C=O) groups excluding carboxylic acids is 1. The molecule has 9 heteroatoms. The Morgan fingerprint density at radius 3 is 2.63 bits per heavy atom. The van der Waals surface area contributed by atoms with E-state index >= 15 is 0 Å². The van der Waals surface area contributed by atoms with E-state index in [4.69, 9.17) is 4.98 Å². The van der Waals surface area contributed by atoms with Crippen molar-refractivity contribution in [1.82, 2.24) is 30.1 Å². The Bertz CT molecular complexity index is 1840. The molecule has 4 aromatic heterocycles. The second-order valence-corrected chi connectivity index (χ2v) is 9.56. The van der Waals surface area contributed by atoms with Gasteiger partial charge in [-0.3, -0.25) is 19.9 Å². The molecule has 7 rings (SSSR count). The van der Waals surface area contributed by atoms with Gasteiger partial charge >= 0.3 is 0 Å². The number of amides is 1. The molecule has 3 N–H and O–H groups in total. The van der Waals surface area contributed by atoms with Gasteiger partial charge in [0.15, 0.2) is 5.82 Å². The number of hydrogen-bond donors (Lipinski definition) is 3. The van der Waals surface area contributed by atoms with Crippen molar-refractivity contribution < 1.29 is 9.18 Å². The number of aromatic amines is 2. The molecule has 0 bridgehead atoms. The lowest BCUT2D eigenvalue weighted by Gasteiger charge is -2.24. The van der Waals surface area contributed by atoms with Crippen LogP contribution in [0.4, 0.5) is 10.1 Å². The number of nitrogens with one attached hydrogen (secondary N) is 3. The molecule has 4 heterocycles. The van der Waals surface area contributed by atoms with E-state index in [0.717, 1.165) is 41.3 Å². The first kappa shape index (κ1) is 22.3. The number of halogens is 1. The van der Waals surface area contributed by atoms with E-state index in [-0.39, 0.29) is 17.6 Å². The van der Waals surface area contributed by atoms with Crippen LogP contribution in [-0.4, -0.2) is 36.0 Å². The van der Waals surface area contributed by atoms with E-state index in [2.05, 4.69) is 30.5 Å². The first-order valence-electron chi connectivity index (χ1n) is 12.5. The molecular weight excluding hydrogens is 481 g/mol. The van der Waals surface area contributed by atoms with Crippen molar-refractivity contribution in [3.05, 3.63) is 79.1 Å². The number of carbonyl (C=O) groups is 1. The lowest BCUT2D eigenvalue weighted by Crippen LogP contribution is -2.28. The Kier molecular flexibility index (Phi) is 5.21. The van der Waals surface area contributed by atoms with Crippen molar-refractivity contribution >= 4 is 33.5 Å². The van der Waals surface area contributed by atoms with E-state index in [1.165, 1.54) is 6.07 Å². The number of imidazole rings is 1. The second-order valence-electron chi connectivity index (χ2n) is 9.56. The molecule has 6 aromatic rings. The number of benzene rings is 2. The summed E-state index contributed by atoms with van der Waals surface area (Å²) in [6.45, 7) is 0. The standard InChI is InChI=1S/C29H22FN7O/c30-23-7-2-1-6-20(23)22-14-32-15-25-26(22)35-28(34-25)27-21-11-17(8-9-24(21)36-37-27)18-10-19(13-31-12-18)33-29(38)16-4-3-5-16/h1-2,6-16H,3-5H2,(H,33,38)(H,34,35)(H,36,37). The number of anilines is 1. The lowest BCUT2D eigenvalue weighted by atomic mass is 9.85. The van der Waals surface area contributed by atoms with Gasteiger partial charge in [0.05, 0.1) is 29.1 Å². The zero-order valence-electron chi connectivity index (χ0n) is 20.2. The fourth-order valence-electron chi connectivity index (χ4n) is 4.88. The van der Waals surface area contributed by atoms with Crippen molar-refractivity contribution in [2.45, 2.75) is 19.3 Å². The number of aromatic nitrogens is 6. The predicted octanol–water partition coefficient (Wildman–Crippen LogP) is 6.11. The molecule has 0 saturated heterocycles. The third kappa shape index (κ3) is 3.80. The van der Waals surface area contributed by atoms with Crippen LogP contribution in [0.25, 0.3) is 55.7 Å². The van der Waals surface area contributed by atoms with E-state index in [1.807, 2.05) is 24.3 Å². The maximum Gasteiger partial charge on any atom is 0.227 e. The van der Waals surface area contributed by atoms with Crippen LogP contribution in [0.3, 0.4) is 0 Å². The molecule has 186 valence electrons. The zero-order valence-corrected chi connectivity index (χ0v) is 20.2. The molecule has 2 aromatic carbocycles. The average Bonchev–Trinajstić information content (AvgIpc) is 3.52. The van der Waals surface area contributed by atoms with Crippen molar-refractivity contribution in [3.63, 3.8) is 0 Å². The summed E-state index contributed by atoms with van der Waals surface area (Å²) in [5, 5.41) is 11.5. The van der Waals surface area contributed by atoms with Crippen LogP contribution in [0, 0.1) is 11.7 Å². The number of H-pyrrole nitrogens is 2. The number of rotatable bonds is 5. The normalized spacial score (nSPS) is 13.6. The maximum absolute atomic E-state index is 14.5. The third-order valence-electron chi connectivity index (χ3n) is 7.16. The fraction of sp³-hybridized carbons (Fsp3) is 0.138. The molecule has 0 spiro atoms. The van der Waals surface area contributed by atoms with Crippen molar-refractivity contribution in [3.8, 4) is 33.8 Å². The minimum absolute atomic E-state index is 0.0527. The van der Waals surface area contributed by atoms with Gasteiger partial charge in [-0.1, -0.05) is 30.7 Å². The minimum atomic E-state index is -0.332. The van der Waals surface area contributed by atoms with Gasteiger partial charge in [-0.2, -0.15) is 5.10 Å². The van der Waals surface area contributed by atoms with E-state index in [1.54, 1.807) is 43.0 Å². The first-order chi connectivity index (χ1) is 18.6. The Balaban J connectivity index is 1.27. The second kappa shape index (κ2) is 8.88. The largest absolute Gasteiger partial charge is 0.335 e. The summed E-state index contributed by atoms with van der Waals surface area (Å²) in [5.74, 6) is 0.368. The Hall–Kier alpha value is -4.92. The molecule has 0 radical (unpaired) electrons. The van der Waals surface area contributed by atoms with Gasteiger partial charge in [0.25, 0.3) is 0 Å². The molecule has 0 unspecified atom stereocenters. The molecule has 1 fully saturated rings. The number of hydrogen-bond acceptors (Lipinski definition) is 5. The van der Waals surface area contributed by atoms with Gasteiger partial charge in [0.2, 0.25) is 5.91 Å². The third-order valence-corrected chi connectivity index (χ3v) is 7.16. The molecule has 1 aliphatic rings. The van der Waals surface area contributed by atoms with Gasteiger partial charge in [0, 0.05) is 40.4 Å². The monoisotopic (exact) mass is 503 g/mol. The van der Waals surface area contributed by atoms with Gasteiger partial charge < -0.3 is 10.3 Å². The first-order valence-corrected chi connectivity index (χ1v) is 12.5. The highest BCUT2D eigenvalue weighted by atomic mass is 19.1. The highest BCUT2D eigenvalue weighted by Crippen LogP contribution is 2.34. The fourth-order valence-corrected chi connectivity index (χ4v) is 4.88. The van der Waals surface area contributed by atoms with E-state index < -0.39 is 0 Å². The average molecular weight is 504 g/mol. The Morgan fingerprint density at radius 1 is 0.921 bits per heavy atom. The van der Waals surface area contributed by atoms with Crippen molar-refractivity contribution in [2.24, 2.45) is 5.92 Å². The molecular formula is C29H22FN7O. The minimum Gasteiger partial charge on any atom is -0.335 e. The molecule has 8 nitrogen and oxygen atoms in total. The quantitative estimate of drug-likeness (QED) is 0.263. The van der Waals surface area contributed by atoms with Crippen LogP contribution in [0.2, 0.25) is 0 Å². The summed E-state index contributed by atoms with van der Waals surface area (Å²) in [6.07, 6.45) is 9.72. The highest BCUT2D eigenvalue weighted by Gasteiger charge is 2.25. The molecule has 1 aliphatic carbocycles. The summed E-state index contributed by atoms with van der Waals surface area (Å²) in [6, 6.07) is 14.5. The summed E-state index contributed by atoms with van der Waals surface area (Å²) >= 11 is 0. The summed E-state index contributed by atoms with van der Waals surface area (Å²) < 4.78 is 14.5. The molecule has 38 heavy (non-hydrogen) atoms. The number of nitrogens with zero attached hydrogens (tertiary/aromatic N) is 4. The van der Waals surface area contributed by atoms with E-state index in [9.17, 15) is 9.18 Å². The van der Waals surface area contributed by atoms with Gasteiger partial charge in [-0.15, -0.1) is 0 Å². The summed E-state index contributed by atoms with van der Waals surface area (Å²) in [5.41, 5.74) is 6.32. The Labute approximate surface area is 216 Å². The SMILES string of the molecule is O=C(Nc1cncc(-c2ccc3[nH]nc(-c4nc5c(-c6ccccc6F)cncc5[nH]4)c3c2)c1)C1CCC1. The molecule has 1 saturated carbocycles. The smallest absolute Gasteiger partial charge is 0.227 e.